The molecule has 28 heavy (non-hydrogen) atoms. The summed E-state index contributed by atoms with van der Waals surface area (Å²) in [6, 6.07) is 19.0. The number of esters is 1. The second kappa shape index (κ2) is 11.0. The van der Waals surface area contributed by atoms with Gasteiger partial charge in [0, 0.05) is 13.1 Å². The van der Waals surface area contributed by atoms with Gasteiger partial charge in [0.2, 0.25) is 0 Å². The highest BCUT2D eigenvalue weighted by molar-refractivity contribution is 5.72. The third-order valence-electron chi connectivity index (χ3n) is 5.30. The molecule has 4 nitrogen and oxygen atoms in total. The number of nitrogens with zero attached hydrogens (tertiary/aromatic N) is 1. The topological polar surface area (TPSA) is 38.8 Å². The van der Waals surface area contributed by atoms with Crippen molar-refractivity contribution in [1.82, 2.24) is 4.90 Å². The zero-order chi connectivity index (χ0) is 19.6. The van der Waals surface area contributed by atoms with Crippen LogP contribution in [0.3, 0.4) is 0 Å². The first-order valence-electron chi connectivity index (χ1n) is 10.4. The minimum absolute atomic E-state index is 0.0199. The van der Waals surface area contributed by atoms with E-state index in [0.29, 0.717) is 19.8 Å². The molecule has 0 aromatic heterocycles. The summed E-state index contributed by atoms with van der Waals surface area (Å²) in [6.45, 7) is 6.43. The molecule has 1 saturated heterocycles. The van der Waals surface area contributed by atoms with Crippen LogP contribution < -0.4 is 0 Å². The van der Waals surface area contributed by atoms with Crippen LogP contribution >= 0.6 is 0 Å². The van der Waals surface area contributed by atoms with Crippen LogP contribution in [0.1, 0.15) is 25.3 Å². The summed E-state index contributed by atoms with van der Waals surface area (Å²) < 4.78 is 11.1. The van der Waals surface area contributed by atoms with E-state index in [1.807, 2.05) is 13.0 Å². The van der Waals surface area contributed by atoms with E-state index in [4.69, 9.17) is 9.47 Å². The molecule has 3 rings (SSSR count). The molecule has 0 amide bonds. The average molecular weight is 382 g/mol. The number of benzene rings is 2. The zero-order valence-corrected chi connectivity index (χ0v) is 16.8. The fourth-order valence-electron chi connectivity index (χ4n) is 3.83. The predicted octanol–water partition coefficient (Wildman–Crippen LogP) is 4.19. The van der Waals surface area contributed by atoms with E-state index in [1.54, 1.807) is 0 Å². The fourth-order valence-corrected chi connectivity index (χ4v) is 3.83. The Balaban J connectivity index is 1.42. The second-order valence-corrected chi connectivity index (χ2v) is 7.28. The third-order valence-corrected chi connectivity index (χ3v) is 5.30. The van der Waals surface area contributed by atoms with Crippen LogP contribution in [0.15, 0.2) is 54.6 Å². The van der Waals surface area contributed by atoms with Crippen LogP contribution in [0.25, 0.3) is 11.1 Å². The smallest absolute Gasteiger partial charge is 0.310 e. The van der Waals surface area contributed by atoms with E-state index in [2.05, 4.69) is 53.4 Å². The lowest BCUT2D eigenvalue weighted by Crippen LogP contribution is -2.40. The molecular formula is C24H31NO3. The van der Waals surface area contributed by atoms with Gasteiger partial charge in [-0.1, -0.05) is 54.6 Å². The molecule has 0 spiro atoms. The zero-order valence-electron chi connectivity index (χ0n) is 16.8. The number of hydrogen-bond donors (Lipinski definition) is 0. The first-order valence-corrected chi connectivity index (χ1v) is 10.4. The molecule has 2 aromatic rings. The molecule has 4 heteroatoms. The molecule has 1 atom stereocenters. The number of likely N-dealkylation sites (tertiary alicyclic amines) is 1. The van der Waals surface area contributed by atoms with Gasteiger partial charge in [-0.3, -0.25) is 4.79 Å². The number of ether oxygens (including phenoxy) is 2. The summed E-state index contributed by atoms with van der Waals surface area (Å²) in [4.78, 5) is 14.3. The van der Waals surface area contributed by atoms with Gasteiger partial charge in [-0.05, 0) is 49.4 Å². The summed E-state index contributed by atoms with van der Waals surface area (Å²) in [7, 11) is 0. The van der Waals surface area contributed by atoms with Crippen LogP contribution in [0, 0.1) is 5.92 Å². The van der Waals surface area contributed by atoms with Crippen molar-refractivity contribution in [3.8, 4) is 11.1 Å². The number of hydrogen-bond acceptors (Lipinski definition) is 4. The average Bonchev–Trinajstić information content (AvgIpc) is 2.75. The van der Waals surface area contributed by atoms with Crippen molar-refractivity contribution in [2.45, 2.75) is 26.2 Å². The highest BCUT2D eigenvalue weighted by atomic mass is 16.5. The first-order chi connectivity index (χ1) is 13.8. The van der Waals surface area contributed by atoms with E-state index in [0.717, 1.165) is 38.9 Å². The third kappa shape index (κ3) is 5.91. The molecule has 2 aromatic carbocycles. The summed E-state index contributed by atoms with van der Waals surface area (Å²) in [5.41, 5.74) is 3.84. The lowest BCUT2D eigenvalue weighted by molar-refractivity contribution is -0.150. The van der Waals surface area contributed by atoms with Gasteiger partial charge < -0.3 is 14.4 Å². The summed E-state index contributed by atoms with van der Waals surface area (Å²) in [5, 5.41) is 0. The molecular weight excluding hydrogens is 350 g/mol. The fraction of sp³-hybridized carbons (Fsp3) is 0.458. The van der Waals surface area contributed by atoms with Crippen LogP contribution in [-0.4, -0.2) is 50.3 Å². The van der Waals surface area contributed by atoms with Crippen molar-refractivity contribution in [2.24, 2.45) is 5.92 Å². The SMILES string of the molecule is CCOC(=O)C1CCCN(CCOCCc2ccccc2-c2ccccc2)C1. The number of carbonyl (C=O) groups excluding carboxylic acids is 1. The normalized spacial score (nSPS) is 17.4. The Morgan fingerprint density at radius 1 is 1.07 bits per heavy atom. The van der Waals surface area contributed by atoms with Crippen molar-refractivity contribution in [1.29, 1.82) is 0 Å². The summed E-state index contributed by atoms with van der Waals surface area (Å²) in [6.07, 6.45) is 2.89. The molecule has 150 valence electrons. The monoisotopic (exact) mass is 381 g/mol. The van der Waals surface area contributed by atoms with Crippen molar-refractivity contribution in [2.75, 3.05) is 39.5 Å². The minimum atomic E-state index is -0.0503. The lowest BCUT2D eigenvalue weighted by atomic mass is 9.98. The van der Waals surface area contributed by atoms with Crippen LogP contribution in [0.4, 0.5) is 0 Å². The molecule has 0 aliphatic carbocycles. The maximum atomic E-state index is 11.9. The molecule has 1 heterocycles. The Labute approximate surface area is 168 Å². The predicted molar refractivity (Wildman–Crippen MR) is 112 cm³/mol. The molecule has 0 bridgehead atoms. The Kier molecular flexibility index (Phi) is 8.07. The number of piperidine rings is 1. The van der Waals surface area contributed by atoms with Gasteiger partial charge in [0.05, 0.1) is 25.7 Å². The van der Waals surface area contributed by atoms with Gasteiger partial charge in [0.15, 0.2) is 0 Å². The molecule has 1 aliphatic rings. The van der Waals surface area contributed by atoms with Crippen molar-refractivity contribution >= 4 is 5.97 Å². The molecule has 0 N–H and O–H groups in total. The highest BCUT2D eigenvalue weighted by Crippen LogP contribution is 2.23. The molecule has 0 saturated carbocycles. The summed E-state index contributed by atoms with van der Waals surface area (Å²) in [5.74, 6) is -0.0305. The second-order valence-electron chi connectivity index (χ2n) is 7.28. The molecule has 1 unspecified atom stereocenters. The maximum absolute atomic E-state index is 11.9. The van der Waals surface area contributed by atoms with Crippen molar-refractivity contribution < 1.29 is 14.3 Å². The summed E-state index contributed by atoms with van der Waals surface area (Å²) >= 11 is 0. The maximum Gasteiger partial charge on any atom is 0.310 e. The number of carbonyl (C=O) groups is 1. The van der Waals surface area contributed by atoms with Gasteiger partial charge in [0.1, 0.15) is 0 Å². The standard InChI is InChI=1S/C24H31NO3/c1-2-28-24(26)22-12-8-15-25(19-22)16-18-27-17-14-21-11-6-7-13-23(21)20-9-4-3-5-10-20/h3-7,9-11,13,22H,2,8,12,14-19H2,1H3. The van der Waals surface area contributed by atoms with Crippen LogP contribution in [0.2, 0.25) is 0 Å². The minimum Gasteiger partial charge on any atom is -0.466 e. The van der Waals surface area contributed by atoms with Gasteiger partial charge in [-0.2, -0.15) is 0 Å². The van der Waals surface area contributed by atoms with Gasteiger partial charge >= 0.3 is 5.97 Å². The number of rotatable bonds is 9. The lowest BCUT2D eigenvalue weighted by Gasteiger charge is -2.31. The quantitative estimate of drug-likeness (QED) is 0.482. The molecule has 0 radical (unpaired) electrons. The van der Waals surface area contributed by atoms with Gasteiger partial charge in [-0.25, -0.2) is 0 Å². The Morgan fingerprint density at radius 2 is 1.86 bits per heavy atom. The van der Waals surface area contributed by atoms with E-state index in [1.165, 1.54) is 16.7 Å². The van der Waals surface area contributed by atoms with Crippen molar-refractivity contribution in [3.05, 3.63) is 60.2 Å². The van der Waals surface area contributed by atoms with E-state index < -0.39 is 0 Å². The first kappa shape index (κ1) is 20.6. The largest absolute Gasteiger partial charge is 0.466 e. The van der Waals surface area contributed by atoms with Gasteiger partial charge in [-0.15, -0.1) is 0 Å². The van der Waals surface area contributed by atoms with Gasteiger partial charge in [0.25, 0.3) is 0 Å². The van der Waals surface area contributed by atoms with Crippen LogP contribution in [0.5, 0.6) is 0 Å². The van der Waals surface area contributed by atoms with E-state index in [-0.39, 0.29) is 11.9 Å². The Morgan fingerprint density at radius 3 is 2.68 bits per heavy atom. The Hall–Kier alpha value is -2.17. The molecule has 1 aliphatic heterocycles. The van der Waals surface area contributed by atoms with E-state index in [9.17, 15) is 4.79 Å². The molecule has 1 fully saturated rings. The van der Waals surface area contributed by atoms with Crippen LogP contribution in [-0.2, 0) is 20.7 Å². The van der Waals surface area contributed by atoms with E-state index >= 15 is 0 Å². The Bertz CT molecular complexity index is 732. The van der Waals surface area contributed by atoms with Crippen molar-refractivity contribution in [3.63, 3.8) is 0 Å². The highest BCUT2D eigenvalue weighted by Gasteiger charge is 2.26.